The highest BCUT2D eigenvalue weighted by Crippen LogP contribution is 2.34. The van der Waals surface area contributed by atoms with Crippen LogP contribution in [0.15, 0.2) is 42.7 Å². The molecular formula is C19H23N5O2S. The maximum absolute atomic E-state index is 12.8. The molecule has 142 valence electrons. The second-order valence-electron chi connectivity index (χ2n) is 6.97. The standard InChI is InChI=1S/C19H23N5O2S/c1-3-19(4-2)13-23(10-11-27(19,25)26)17-12-16(15-8-6-5-7-9-15)22-18-20-14-21-24(17)18/h5-9,12,14H,3-4,10-11,13H2,1-2H3. The van der Waals surface area contributed by atoms with Crippen LogP contribution in [0.4, 0.5) is 5.82 Å². The van der Waals surface area contributed by atoms with E-state index in [0.29, 0.717) is 31.7 Å². The van der Waals surface area contributed by atoms with E-state index in [1.165, 1.54) is 6.33 Å². The maximum atomic E-state index is 12.8. The van der Waals surface area contributed by atoms with Crippen LogP contribution in [0, 0.1) is 0 Å². The summed E-state index contributed by atoms with van der Waals surface area (Å²) in [5.41, 5.74) is 1.80. The summed E-state index contributed by atoms with van der Waals surface area (Å²) in [5, 5.41) is 4.32. The molecule has 27 heavy (non-hydrogen) atoms. The van der Waals surface area contributed by atoms with Crippen LogP contribution in [-0.2, 0) is 9.84 Å². The highest BCUT2D eigenvalue weighted by molar-refractivity contribution is 7.92. The first-order valence-electron chi connectivity index (χ1n) is 9.23. The van der Waals surface area contributed by atoms with Crippen molar-refractivity contribution in [1.29, 1.82) is 0 Å². The Morgan fingerprint density at radius 3 is 2.59 bits per heavy atom. The molecule has 7 nitrogen and oxygen atoms in total. The topological polar surface area (TPSA) is 80.5 Å². The average Bonchev–Trinajstić information content (AvgIpc) is 3.17. The van der Waals surface area contributed by atoms with Gasteiger partial charge in [0.2, 0.25) is 0 Å². The summed E-state index contributed by atoms with van der Waals surface area (Å²) >= 11 is 0. The molecule has 1 fully saturated rings. The van der Waals surface area contributed by atoms with E-state index < -0.39 is 14.6 Å². The zero-order chi connectivity index (χ0) is 19.1. The molecule has 0 amide bonds. The van der Waals surface area contributed by atoms with Crippen LogP contribution in [0.2, 0.25) is 0 Å². The predicted octanol–water partition coefficient (Wildman–Crippen LogP) is 2.58. The smallest absolute Gasteiger partial charge is 0.254 e. The van der Waals surface area contributed by atoms with Crippen LogP contribution in [0.25, 0.3) is 17.0 Å². The van der Waals surface area contributed by atoms with Crippen LogP contribution in [-0.4, -0.2) is 51.6 Å². The Morgan fingerprint density at radius 1 is 1.15 bits per heavy atom. The zero-order valence-electron chi connectivity index (χ0n) is 15.5. The van der Waals surface area contributed by atoms with Gasteiger partial charge < -0.3 is 4.90 Å². The van der Waals surface area contributed by atoms with E-state index in [2.05, 4.69) is 20.0 Å². The third-order valence-electron chi connectivity index (χ3n) is 5.68. The van der Waals surface area contributed by atoms with Gasteiger partial charge in [-0.05, 0) is 12.8 Å². The number of hydrogen-bond donors (Lipinski definition) is 0. The molecule has 0 atom stereocenters. The first-order valence-corrected chi connectivity index (χ1v) is 10.9. The third kappa shape index (κ3) is 2.88. The zero-order valence-corrected chi connectivity index (χ0v) is 16.4. The fourth-order valence-corrected chi connectivity index (χ4v) is 5.99. The molecule has 1 aromatic carbocycles. The van der Waals surface area contributed by atoms with E-state index in [1.807, 2.05) is 50.2 Å². The van der Waals surface area contributed by atoms with E-state index in [4.69, 9.17) is 0 Å². The number of aromatic nitrogens is 4. The van der Waals surface area contributed by atoms with Crippen LogP contribution in [0.3, 0.4) is 0 Å². The van der Waals surface area contributed by atoms with Gasteiger partial charge in [0.15, 0.2) is 9.84 Å². The van der Waals surface area contributed by atoms with Gasteiger partial charge in [-0.1, -0.05) is 44.2 Å². The van der Waals surface area contributed by atoms with Crippen molar-refractivity contribution in [3.63, 3.8) is 0 Å². The molecule has 0 saturated carbocycles. The number of fused-ring (bicyclic) bond motifs is 1. The Hall–Kier alpha value is -2.48. The first kappa shape index (κ1) is 17.9. The van der Waals surface area contributed by atoms with Gasteiger partial charge in [0, 0.05) is 24.7 Å². The Balaban J connectivity index is 1.83. The second kappa shape index (κ2) is 6.60. The Morgan fingerprint density at radius 2 is 1.89 bits per heavy atom. The molecule has 1 aliphatic rings. The fraction of sp³-hybridized carbons (Fsp3) is 0.421. The molecule has 1 aliphatic heterocycles. The molecule has 0 unspecified atom stereocenters. The van der Waals surface area contributed by atoms with E-state index >= 15 is 0 Å². The van der Waals surface area contributed by atoms with Crippen molar-refractivity contribution in [2.75, 3.05) is 23.7 Å². The molecule has 1 saturated heterocycles. The molecule has 0 aliphatic carbocycles. The summed E-state index contributed by atoms with van der Waals surface area (Å²) in [7, 11) is -3.13. The Labute approximate surface area is 159 Å². The van der Waals surface area contributed by atoms with Crippen molar-refractivity contribution in [2.45, 2.75) is 31.4 Å². The minimum Gasteiger partial charge on any atom is -0.354 e. The molecule has 0 radical (unpaired) electrons. The predicted molar refractivity (Wildman–Crippen MR) is 106 cm³/mol. The normalized spacial score (nSPS) is 18.7. The van der Waals surface area contributed by atoms with Gasteiger partial charge in [-0.25, -0.2) is 13.4 Å². The van der Waals surface area contributed by atoms with Gasteiger partial charge in [-0.15, -0.1) is 0 Å². The van der Waals surface area contributed by atoms with Gasteiger partial charge in [0.25, 0.3) is 5.78 Å². The third-order valence-corrected chi connectivity index (χ3v) is 8.43. The van der Waals surface area contributed by atoms with Crippen LogP contribution in [0.1, 0.15) is 26.7 Å². The van der Waals surface area contributed by atoms with Gasteiger partial charge >= 0.3 is 0 Å². The van der Waals surface area contributed by atoms with Crippen molar-refractivity contribution in [1.82, 2.24) is 19.6 Å². The van der Waals surface area contributed by atoms with Gasteiger partial charge in [-0.2, -0.15) is 14.6 Å². The highest BCUT2D eigenvalue weighted by Gasteiger charge is 2.45. The Kier molecular flexibility index (Phi) is 4.38. The lowest BCUT2D eigenvalue weighted by atomic mass is 10.0. The number of anilines is 1. The van der Waals surface area contributed by atoms with E-state index in [9.17, 15) is 8.42 Å². The summed E-state index contributed by atoms with van der Waals surface area (Å²) in [6.45, 7) is 4.81. The number of nitrogens with zero attached hydrogens (tertiary/aromatic N) is 5. The second-order valence-corrected chi connectivity index (χ2v) is 9.47. The molecular weight excluding hydrogens is 362 g/mol. The summed E-state index contributed by atoms with van der Waals surface area (Å²) in [5.74, 6) is 1.49. The van der Waals surface area contributed by atoms with E-state index in [-0.39, 0.29) is 5.75 Å². The SMILES string of the molecule is CCC1(CC)CN(c2cc(-c3ccccc3)nc3ncnn23)CCS1(=O)=O. The molecule has 0 bridgehead atoms. The summed E-state index contributed by atoms with van der Waals surface area (Å²) in [6.07, 6.45) is 2.67. The quantitative estimate of drug-likeness (QED) is 0.687. The molecule has 4 rings (SSSR count). The van der Waals surface area contributed by atoms with Crippen LogP contribution in [0.5, 0.6) is 0 Å². The fourth-order valence-electron chi connectivity index (χ4n) is 3.86. The number of rotatable bonds is 4. The molecule has 0 N–H and O–H groups in total. The van der Waals surface area contributed by atoms with Crippen molar-refractivity contribution in [3.05, 3.63) is 42.7 Å². The van der Waals surface area contributed by atoms with Crippen LogP contribution >= 0.6 is 0 Å². The molecule has 3 aromatic rings. The molecule has 2 aromatic heterocycles. The lowest BCUT2D eigenvalue weighted by Crippen LogP contribution is -2.56. The molecule has 8 heteroatoms. The minimum absolute atomic E-state index is 0.147. The van der Waals surface area contributed by atoms with Crippen LogP contribution < -0.4 is 4.90 Å². The molecule has 3 heterocycles. The number of sulfone groups is 1. The van der Waals surface area contributed by atoms with Crippen molar-refractivity contribution in [3.8, 4) is 11.3 Å². The maximum Gasteiger partial charge on any atom is 0.254 e. The number of hydrogen-bond acceptors (Lipinski definition) is 6. The number of benzene rings is 1. The molecule has 0 spiro atoms. The van der Waals surface area contributed by atoms with Gasteiger partial charge in [-0.3, -0.25) is 0 Å². The lowest BCUT2D eigenvalue weighted by Gasteiger charge is -2.42. The first-order chi connectivity index (χ1) is 13.0. The van der Waals surface area contributed by atoms with E-state index in [1.54, 1.807) is 4.52 Å². The summed E-state index contributed by atoms with van der Waals surface area (Å²) in [4.78, 5) is 11.0. The highest BCUT2D eigenvalue weighted by atomic mass is 32.2. The lowest BCUT2D eigenvalue weighted by molar-refractivity contribution is 0.456. The average molecular weight is 385 g/mol. The van der Waals surface area contributed by atoms with Crippen molar-refractivity contribution >= 4 is 21.4 Å². The largest absolute Gasteiger partial charge is 0.354 e. The van der Waals surface area contributed by atoms with Crippen molar-refractivity contribution in [2.24, 2.45) is 0 Å². The Bertz CT molecular complexity index is 1060. The van der Waals surface area contributed by atoms with E-state index in [0.717, 1.165) is 17.1 Å². The van der Waals surface area contributed by atoms with Gasteiger partial charge in [0.05, 0.1) is 16.2 Å². The summed E-state index contributed by atoms with van der Waals surface area (Å²) < 4.78 is 26.5. The van der Waals surface area contributed by atoms with Crippen molar-refractivity contribution < 1.29 is 8.42 Å². The minimum atomic E-state index is -3.13. The van der Waals surface area contributed by atoms with Gasteiger partial charge in [0.1, 0.15) is 12.1 Å². The summed E-state index contributed by atoms with van der Waals surface area (Å²) in [6, 6.07) is 11.9. The monoisotopic (exact) mass is 385 g/mol.